The zero-order valence-electron chi connectivity index (χ0n) is 18.5. The van der Waals surface area contributed by atoms with Crippen molar-refractivity contribution >= 4 is 44.8 Å². The van der Waals surface area contributed by atoms with Gasteiger partial charge in [-0.1, -0.05) is 59.6 Å². The van der Waals surface area contributed by atoms with Crippen LogP contribution < -0.4 is 4.90 Å². The third-order valence-electron chi connectivity index (χ3n) is 5.82. The second-order valence-electron chi connectivity index (χ2n) is 8.02. The molecular formula is C25H25Cl2N3O3S. The zero-order chi connectivity index (χ0) is 24.1. The summed E-state index contributed by atoms with van der Waals surface area (Å²) in [5.74, 6) is -0.239. The second-order valence-corrected chi connectivity index (χ2v) is 10.8. The molecule has 1 aliphatic heterocycles. The van der Waals surface area contributed by atoms with Crippen LogP contribution in [0.25, 0.3) is 0 Å². The van der Waals surface area contributed by atoms with Crippen LogP contribution in [0.3, 0.4) is 0 Å². The van der Waals surface area contributed by atoms with E-state index in [0.29, 0.717) is 41.8 Å². The number of hydrogen-bond acceptors (Lipinski definition) is 4. The van der Waals surface area contributed by atoms with Gasteiger partial charge in [-0.05, 0) is 48.0 Å². The molecule has 0 spiro atoms. The Labute approximate surface area is 210 Å². The topological polar surface area (TPSA) is 60.9 Å². The molecule has 4 rings (SSSR count). The average molecular weight is 518 g/mol. The minimum absolute atomic E-state index is 0.0135. The number of amides is 1. The molecule has 0 bridgehead atoms. The van der Waals surface area contributed by atoms with Crippen LogP contribution in [0.2, 0.25) is 10.0 Å². The largest absolute Gasteiger partial charge is 0.368 e. The van der Waals surface area contributed by atoms with E-state index in [1.54, 1.807) is 29.2 Å². The van der Waals surface area contributed by atoms with Crippen LogP contribution in [0, 0.1) is 0 Å². The molecule has 3 aromatic rings. The van der Waals surface area contributed by atoms with Crippen molar-refractivity contribution in [1.29, 1.82) is 0 Å². The fourth-order valence-electron chi connectivity index (χ4n) is 3.90. The Kier molecular flexibility index (Phi) is 7.78. The van der Waals surface area contributed by atoms with Crippen LogP contribution in [0.15, 0.2) is 83.8 Å². The first-order valence-electron chi connectivity index (χ1n) is 10.9. The van der Waals surface area contributed by atoms with Gasteiger partial charge in [0, 0.05) is 48.5 Å². The Balaban J connectivity index is 1.52. The smallest absolute Gasteiger partial charge is 0.243 e. The first kappa shape index (κ1) is 24.5. The third kappa shape index (κ3) is 5.73. The van der Waals surface area contributed by atoms with Gasteiger partial charge in [-0.2, -0.15) is 4.31 Å². The highest BCUT2D eigenvalue weighted by Gasteiger charge is 2.30. The summed E-state index contributed by atoms with van der Waals surface area (Å²) in [5, 5.41) is 0.881. The molecule has 1 aliphatic rings. The molecular weight excluding hydrogens is 493 g/mol. The van der Waals surface area contributed by atoms with Gasteiger partial charge in [0.25, 0.3) is 0 Å². The van der Waals surface area contributed by atoms with Gasteiger partial charge in [0.2, 0.25) is 15.9 Å². The van der Waals surface area contributed by atoms with E-state index in [2.05, 4.69) is 4.90 Å². The van der Waals surface area contributed by atoms with Gasteiger partial charge in [0.15, 0.2) is 0 Å². The lowest BCUT2D eigenvalue weighted by Crippen LogP contribution is -2.51. The fourth-order valence-corrected chi connectivity index (χ4v) is 5.59. The van der Waals surface area contributed by atoms with Crippen LogP contribution in [0.4, 0.5) is 5.69 Å². The van der Waals surface area contributed by atoms with E-state index in [0.717, 1.165) is 5.69 Å². The van der Waals surface area contributed by atoms with Crippen molar-refractivity contribution in [2.24, 2.45) is 0 Å². The van der Waals surface area contributed by atoms with Crippen molar-refractivity contribution in [3.05, 3.63) is 94.5 Å². The summed E-state index contributed by atoms with van der Waals surface area (Å²) in [5.41, 5.74) is 1.74. The van der Waals surface area contributed by atoms with Gasteiger partial charge in [-0.15, -0.1) is 0 Å². The van der Waals surface area contributed by atoms with Crippen molar-refractivity contribution in [3.63, 3.8) is 0 Å². The summed E-state index contributed by atoms with van der Waals surface area (Å²) in [6.45, 7) is 2.12. The Hall–Kier alpha value is -2.58. The molecule has 1 amide bonds. The molecule has 6 nitrogen and oxygen atoms in total. The number of para-hydroxylation sites is 1. The first-order valence-corrected chi connectivity index (χ1v) is 13.1. The number of carbonyl (C=O) groups excluding carboxylic acids is 1. The molecule has 0 aliphatic carbocycles. The fraction of sp³-hybridized carbons (Fsp3) is 0.240. The molecule has 178 valence electrons. The van der Waals surface area contributed by atoms with Crippen molar-refractivity contribution in [3.8, 4) is 0 Å². The summed E-state index contributed by atoms with van der Waals surface area (Å²) in [6, 6.07) is 23.0. The predicted molar refractivity (Wildman–Crippen MR) is 136 cm³/mol. The van der Waals surface area contributed by atoms with Gasteiger partial charge in [0.05, 0.1) is 11.4 Å². The predicted octanol–water partition coefficient (Wildman–Crippen LogP) is 4.53. The number of carbonyl (C=O) groups is 1. The molecule has 34 heavy (non-hydrogen) atoms. The van der Waals surface area contributed by atoms with Crippen LogP contribution >= 0.6 is 23.2 Å². The summed E-state index contributed by atoms with van der Waals surface area (Å²) in [6.07, 6.45) is 0. The minimum Gasteiger partial charge on any atom is -0.368 e. The van der Waals surface area contributed by atoms with E-state index in [1.165, 1.54) is 28.6 Å². The van der Waals surface area contributed by atoms with E-state index in [4.69, 9.17) is 23.2 Å². The van der Waals surface area contributed by atoms with Crippen LogP contribution in [-0.2, 0) is 21.4 Å². The van der Waals surface area contributed by atoms with Gasteiger partial charge >= 0.3 is 0 Å². The number of rotatable bonds is 7. The normalized spacial score (nSPS) is 14.4. The Bertz CT molecular complexity index is 1230. The molecule has 0 atom stereocenters. The number of halogens is 2. The summed E-state index contributed by atoms with van der Waals surface area (Å²) in [7, 11) is -3.96. The molecule has 1 fully saturated rings. The maximum atomic E-state index is 13.5. The van der Waals surface area contributed by atoms with Crippen molar-refractivity contribution in [1.82, 2.24) is 9.21 Å². The van der Waals surface area contributed by atoms with E-state index in [1.807, 2.05) is 30.3 Å². The van der Waals surface area contributed by atoms with Crippen molar-refractivity contribution in [2.45, 2.75) is 11.4 Å². The molecule has 9 heteroatoms. The average Bonchev–Trinajstić information content (AvgIpc) is 2.85. The maximum Gasteiger partial charge on any atom is 0.243 e. The van der Waals surface area contributed by atoms with Gasteiger partial charge < -0.3 is 9.80 Å². The Morgan fingerprint density at radius 1 is 0.824 bits per heavy atom. The lowest BCUT2D eigenvalue weighted by molar-refractivity contribution is -0.131. The zero-order valence-corrected chi connectivity index (χ0v) is 20.8. The summed E-state index contributed by atoms with van der Waals surface area (Å²) in [4.78, 5) is 17.2. The number of piperazine rings is 1. The first-order chi connectivity index (χ1) is 16.3. The van der Waals surface area contributed by atoms with Crippen molar-refractivity contribution < 1.29 is 13.2 Å². The highest BCUT2D eigenvalue weighted by molar-refractivity contribution is 7.89. The molecule has 0 unspecified atom stereocenters. The standard InChI is InChI=1S/C25H25Cl2N3O3S/c26-21-10-12-23(13-11-21)34(32,33)30(18-20-6-4-5-9-24(20)27)19-25(31)29-16-14-28(15-17-29)22-7-2-1-3-8-22/h1-13H,14-19H2. The molecule has 0 aromatic heterocycles. The Morgan fingerprint density at radius 2 is 1.44 bits per heavy atom. The number of anilines is 1. The van der Waals surface area contributed by atoms with E-state index >= 15 is 0 Å². The van der Waals surface area contributed by atoms with Crippen molar-refractivity contribution in [2.75, 3.05) is 37.6 Å². The summed E-state index contributed by atoms with van der Waals surface area (Å²) < 4.78 is 28.1. The van der Waals surface area contributed by atoms with Crippen LogP contribution in [0.5, 0.6) is 0 Å². The van der Waals surface area contributed by atoms with E-state index < -0.39 is 10.0 Å². The molecule has 0 saturated carbocycles. The maximum absolute atomic E-state index is 13.5. The molecule has 1 heterocycles. The minimum atomic E-state index is -3.96. The molecule has 0 radical (unpaired) electrons. The number of benzene rings is 3. The van der Waals surface area contributed by atoms with E-state index in [-0.39, 0.29) is 23.9 Å². The van der Waals surface area contributed by atoms with E-state index in [9.17, 15) is 13.2 Å². The van der Waals surface area contributed by atoms with Crippen LogP contribution in [0.1, 0.15) is 5.56 Å². The Morgan fingerprint density at radius 3 is 2.09 bits per heavy atom. The number of nitrogens with zero attached hydrogens (tertiary/aromatic N) is 3. The third-order valence-corrected chi connectivity index (χ3v) is 8.25. The lowest BCUT2D eigenvalue weighted by atomic mass is 10.2. The lowest BCUT2D eigenvalue weighted by Gasteiger charge is -2.37. The molecule has 1 saturated heterocycles. The highest BCUT2D eigenvalue weighted by Crippen LogP contribution is 2.24. The number of hydrogen-bond donors (Lipinski definition) is 0. The number of sulfonamides is 1. The SMILES string of the molecule is O=C(CN(Cc1ccccc1Cl)S(=O)(=O)c1ccc(Cl)cc1)N1CCN(c2ccccc2)CC1. The van der Waals surface area contributed by atoms with Crippen LogP contribution in [-0.4, -0.2) is 56.3 Å². The monoisotopic (exact) mass is 517 g/mol. The van der Waals surface area contributed by atoms with Gasteiger partial charge in [-0.3, -0.25) is 4.79 Å². The second kappa shape index (κ2) is 10.8. The van der Waals surface area contributed by atoms with Gasteiger partial charge in [0.1, 0.15) is 0 Å². The molecule has 0 N–H and O–H groups in total. The highest BCUT2D eigenvalue weighted by atomic mass is 35.5. The quantitative estimate of drug-likeness (QED) is 0.461. The molecule has 3 aromatic carbocycles. The summed E-state index contributed by atoms with van der Waals surface area (Å²) >= 11 is 12.2. The van der Waals surface area contributed by atoms with Gasteiger partial charge in [-0.25, -0.2) is 8.42 Å².